The lowest BCUT2D eigenvalue weighted by molar-refractivity contribution is -0.115. The van der Waals surface area contributed by atoms with Crippen LogP contribution in [0, 0.1) is 0 Å². The average Bonchev–Trinajstić information content (AvgIpc) is 2.40. The summed E-state index contributed by atoms with van der Waals surface area (Å²) in [7, 11) is 0. The zero-order valence-electron chi connectivity index (χ0n) is 10.7. The van der Waals surface area contributed by atoms with Crippen molar-refractivity contribution in [1.82, 2.24) is 4.98 Å². The van der Waals surface area contributed by atoms with Gasteiger partial charge in [0.05, 0.1) is 12.5 Å². The van der Waals surface area contributed by atoms with Crippen LogP contribution in [0.2, 0.25) is 0 Å². The highest BCUT2D eigenvalue weighted by Gasteiger charge is 2.10. The fraction of sp³-hybridized carbons (Fsp3) is 0.200. The molecule has 19 heavy (non-hydrogen) atoms. The summed E-state index contributed by atoms with van der Waals surface area (Å²) in [6.07, 6.45) is 2.99. The van der Waals surface area contributed by atoms with E-state index in [1.807, 2.05) is 18.2 Å². The molecule has 1 unspecified atom stereocenters. The number of carbonyl (C=O) groups excluding carboxylic acids is 1. The predicted molar refractivity (Wildman–Crippen MR) is 73.6 cm³/mol. The van der Waals surface area contributed by atoms with Crippen molar-refractivity contribution in [2.24, 2.45) is 0 Å². The molecule has 2 aromatic rings. The highest BCUT2D eigenvalue weighted by Crippen LogP contribution is 2.22. The lowest BCUT2D eigenvalue weighted by Gasteiger charge is -2.12. The van der Waals surface area contributed by atoms with Gasteiger partial charge in [0.2, 0.25) is 5.91 Å². The number of rotatable bonds is 4. The van der Waals surface area contributed by atoms with Crippen LogP contribution in [-0.2, 0) is 11.2 Å². The van der Waals surface area contributed by atoms with E-state index < -0.39 is 6.10 Å². The molecule has 0 bridgehead atoms. The van der Waals surface area contributed by atoms with Crippen LogP contribution < -0.4 is 5.32 Å². The van der Waals surface area contributed by atoms with Crippen molar-refractivity contribution in [2.45, 2.75) is 19.4 Å². The maximum Gasteiger partial charge on any atom is 0.228 e. The topological polar surface area (TPSA) is 62.2 Å². The summed E-state index contributed by atoms with van der Waals surface area (Å²) >= 11 is 0. The van der Waals surface area contributed by atoms with E-state index >= 15 is 0 Å². The van der Waals surface area contributed by atoms with Gasteiger partial charge in [0, 0.05) is 23.6 Å². The number of nitrogens with one attached hydrogen (secondary N) is 1. The summed E-state index contributed by atoms with van der Waals surface area (Å²) in [5, 5.41) is 12.5. The number of nitrogens with zero attached hydrogens (tertiary/aromatic N) is 1. The minimum absolute atomic E-state index is 0.124. The van der Waals surface area contributed by atoms with E-state index in [1.54, 1.807) is 37.5 Å². The van der Waals surface area contributed by atoms with Crippen LogP contribution in [0.3, 0.4) is 0 Å². The predicted octanol–water partition coefficient (Wildman–Crippen LogP) is 2.32. The smallest absolute Gasteiger partial charge is 0.228 e. The fourth-order valence-electron chi connectivity index (χ4n) is 1.86. The van der Waals surface area contributed by atoms with Crippen LogP contribution in [0.1, 0.15) is 24.2 Å². The van der Waals surface area contributed by atoms with E-state index in [4.69, 9.17) is 0 Å². The number of benzene rings is 1. The molecular formula is C15H16N2O2. The molecule has 2 rings (SSSR count). The van der Waals surface area contributed by atoms with Crippen molar-refractivity contribution in [3.05, 3.63) is 59.9 Å². The maximum absolute atomic E-state index is 11.9. The first-order chi connectivity index (χ1) is 9.16. The standard InChI is InChI=1S/C15H16N2O2/c1-11(18)13-6-2-3-7-14(13)17-15(19)9-12-5-4-8-16-10-12/h2-8,10-11,18H,9H2,1H3,(H,17,19). The van der Waals surface area contributed by atoms with E-state index in [9.17, 15) is 9.90 Å². The van der Waals surface area contributed by atoms with E-state index in [-0.39, 0.29) is 12.3 Å². The molecule has 1 amide bonds. The van der Waals surface area contributed by atoms with E-state index in [0.29, 0.717) is 11.3 Å². The van der Waals surface area contributed by atoms with Crippen LogP contribution in [0.4, 0.5) is 5.69 Å². The number of para-hydroxylation sites is 1. The molecule has 1 aromatic carbocycles. The number of anilines is 1. The lowest BCUT2D eigenvalue weighted by Crippen LogP contribution is -2.16. The third-order valence-electron chi connectivity index (χ3n) is 2.77. The molecule has 0 fully saturated rings. The normalized spacial score (nSPS) is 11.9. The van der Waals surface area contributed by atoms with Gasteiger partial charge in [0.25, 0.3) is 0 Å². The summed E-state index contributed by atoms with van der Waals surface area (Å²) in [5.41, 5.74) is 2.21. The van der Waals surface area contributed by atoms with Crippen molar-refractivity contribution < 1.29 is 9.90 Å². The van der Waals surface area contributed by atoms with Gasteiger partial charge in [-0.1, -0.05) is 24.3 Å². The Morgan fingerprint density at radius 2 is 2.11 bits per heavy atom. The molecule has 0 spiro atoms. The fourth-order valence-corrected chi connectivity index (χ4v) is 1.86. The zero-order chi connectivity index (χ0) is 13.7. The van der Waals surface area contributed by atoms with Crippen LogP contribution in [0.25, 0.3) is 0 Å². The van der Waals surface area contributed by atoms with Gasteiger partial charge in [0.15, 0.2) is 0 Å². The number of pyridine rings is 1. The molecule has 0 saturated carbocycles. The summed E-state index contributed by atoms with van der Waals surface area (Å²) < 4.78 is 0. The lowest BCUT2D eigenvalue weighted by atomic mass is 10.1. The van der Waals surface area contributed by atoms with Gasteiger partial charge >= 0.3 is 0 Å². The minimum Gasteiger partial charge on any atom is -0.389 e. The van der Waals surface area contributed by atoms with E-state index in [2.05, 4.69) is 10.3 Å². The second kappa shape index (κ2) is 6.11. The van der Waals surface area contributed by atoms with Gasteiger partial charge in [-0.25, -0.2) is 0 Å². The Balaban J connectivity index is 2.07. The van der Waals surface area contributed by atoms with Crippen LogP contribution in [0.5, 0.6) is 0 Å². The van der Waals surface area contributed by atoms with E-state index in [1.165, 1.54) is 0 Å². The Morgan fingerprint density at radius 3 is 2.79 bits per heavy atom. The highest BCUT2D eigenvalue weighted by molar-refractivity contribution is 5.93. The first-order valence-corrected chi connectivity index (χ1v) is 6.12. The molecule has 0 saturated heterocycles. The van der Waals surface area contributed by atoms with Gasteiger partial charge in [0.1, 0.15) is 0 Å². The zero-order valence-corrected chi connectivity index (χ0v) is 10.7. The Morgan fingerprint density at radius 1 is 1.32 bits per heavy atom. The van der Waals surface area contributed by atoms with Crippen molar-refractivity contribution in [2.75, 3.05) is 5.32 Å². The number of carbonyl (C=O) groups is 1. The Kier molecular flexibility index (Phi) is 4.26. The summed E-state index contributed by atoms with van der Waals surface area (Å²) in [5.74, 6) is -0.124. The molecule has 0 aliphatic rings. The number of aliphatic hydroxyl groups is 1. The molecule has 4 nitrogen and oxygen atoms in total. The Bertz CT molecular complexity index is 553. The molecule has 2 N–H and O–H groups in total. The number of hydrogen-bond donors (Lipinski definition) is 2. The van der Waals surface area contributed by atoms with Crippen molar-refractivity contribution >= 4 is 11.6 Å². The molecule has 98 valence electrons. The summed E-state index contributed by atoms with van der Waals surface area (Å²) in [6, 6.07) is 10.9. The second-order valence-electron chi connectivity index (χ2n) is 4.35. The monoisotopic (exact) mass is 256 g/mol. The number of aromatic nitrogens is 1. The largest absolute Gasteiger partial charge is 0.389 e. The SMILES string of the molecule is CC(O)c1ccccc1NC(=O)Cc1cccnc1. The Labute approximate surface area is 112 Å². The first kappa shape index (κ1) is 13.2. The second-order valence-corrected chi connectivity index (χ2v) is 4.35. The number of amides is 1. The summed E-state index contributed by atoms with van der Waals surface area (Å²) in [6.45, 7) is 1.67. The van der Waals surface area contributed by atoms with Crippen molar-refractivity contribution in [3.8, 4) is 0 Å². The molecule has 1 aromatic heterocycles. The first-order valence-electron chi connectivity index (χ1n) is 6.12. The molecule has 0 aliphatic heterocycles. The molecule has 1 heterocycles. The summed E-state index contributed by atoms with van der Waals surface area (Å²) in [4.78, 5) is 15.9. The van der Waals surface area contributed by atoms with Gasteiger partial charge in [-0.05, 0) is 24.6 Å². The number of hydrogen-bond acceptors (Lipinski definition) is 3. The molecule has 0 aliphatic carbocycles. The molecule has 1 atom stereocenters. The third-order valence-corrected chi connectivity index (χ3v) is 2.77. The average molecular weight is 256 g/mol. The third kappa shape index (κ3) is 3.63. The molecule has 0 radical (unpaired) electrons. The molecule has 4 heteroatoms. The van der Waals surface area contributed by atoms with Crippen LogP contribution in [-0.4, -0.2) is 16.0 Å². The maximum atomic E-state index is 11.9. The highest BCUT2D eigenvalue weighted by atomic mass is 16.3. The number of aliphatic hydroxyl groups excluding tert-OH is 1. The van der Waals surface area contributed by atoms with Crippen molar-refractivity contribution in [3.63, 3.8) is 0 Å². The quantitative estimate of drug-likeness (QED) is 0.882. The minimum atomic E-state index is -0.616. The van der Waals surface area contributed by atoms with Crippen molar-refractivity contribution in [1.29, 1.82) is 0 Å². The van der Waals surface area contributed by atoms with E-state index in [0.717, 1.165) is 5.56 Å². The van der Waals surface area contributed by atoms with Crippen LogP contribution >= 0.6 is 0 Å². The van der Waals surface area contributed by atoms with Gasteiger partial charge < -0.3 is 10.4 Å². The Hall–Kier alpha value is -2.20. The van der Waals surface area contributed by atoms with Gasteiger partial charge in [-0.2, -0.15) is 0 Å². The molecular weight excluding hydrogens is 240 g/mol. The van der Waals surface area contributed by atoms with Crippen LogP contribution in [0.15, 0.2) is 48.8 Å². The van der Waals surface area contributed by atoms with Gasteiger partial charge in [-0.15, -0.1) is 0 Å². The van der Waals surface area contributed by atoms with Gasteiger partial charge in [-0.3, -0.25) is 9.78 Å².